The molecule has 164 valence electrons. The van der Waals surface area contributed by atoms with Gasteiger partial charge in [-0.15, -0.1) is 11.3 Å². The second-order valence-corrected chi connectivity index (χ2v) is 9.09. The van der Waals surface area contributed by atoms with Gasteiger partial charge in [0, 0.05) is 30.4 Å². The lowest BCUT2D eigenvalue weighted by atomic mass is 9.98. The molecule has 0 unspecified atom stereocenters. The van der Waals surface area contributed by atoms with Gasteiger partial charge in [0.15, 0.2) is 0 Å². The van der Waals surface area contributed by atoms with Crippen LogP contribution in [0.3, 0.4) is 0 Å². The van der Waals surface area contributed by atoms with Gasteiger partial charge in [-0.2, -0.15) is 0 Å². The van der Waals surface area contributed by atoms with Gasteiger partial charge in [0.25, 0.3) is 0 Å². The second-order valence-electron chi connectivity index (χ2n) is 8.05. The number of carbonyl (C=O) groups is 2. The zero-order valence-electron chi connectivity index (χ0n) is 17.6. The molecule has 2 aromatic carbocycles. The number of ether oxygens (including phenoxy) is 1. The molecule has 1 aliphatic heterocycles. The molecule has 1 aliphatic carbocycles. The monoisotopic (exact) mass is 447 g/mol. The first-order valence-electron chi connectivity index (χ1n) is 10.8. The summed E-state index contributed by atoms with van der Waals surface area (Å²) < 4.78 is 5.76. The summed E-state index contributed by atoms with van der Waals surface area (Å²) in [7, 11) is 0. The van der Waals surface area contributed by atoms with Crippen molar-refractivity contribution in [2.45, 2.75) is 18.5 Å². The van der Waals surface area contributed by atoms with Crippen LogP contribution in [-0.4, -0.2) is 49.2 Å². The number of piperazine rings is 1. The molecule has 0 bridgehead atoms. The van der Waals surface area contributed by atoms with E-state index in [1.165, 1.54) is 22.3 Å². The number of rotatable bonds is 5. The lowest BCUT2D eigenvalue weighted by molar-refractivity contribution is -0.124. The van der Waals surface area contributed by atoms with Crippen molar-refractivity contribution in [1.29, 1.82) is 0 Å². The quantitative estimate of drug-likeness (QED) is 0.627. The van der Waals surface area contributed by atoms with E-state index in [4.69, 9.17) is 4.74 Å². The van der Waals surface area contributed by atoms with E-state index in [-0.39, 0.29) is 24.5 Å². The third kappa shape index (κ3) is 4.13. The number of hydrogen-bond acceptors (Lipinski definition) is 5. The van der Waals surface area contributed by atoms with E-state index in [1.54, 1.807) is 16.2 Å². The van der Waals surface area contributed by atoms with Crippen LogP contribution in [0.15, 0.2) is 66.0 Å². The largest absolute Gasteiger partial charge is 0.448 e. The summed E-state index contributed by atoms with van der Waals surface area (Å²) in [6.07, 6.45) is -0.371. The Morgan fingerprint density at radius 1 is 1.03 bits per heavy atom. The fourth-order valence-corrected chi connectivity index (χ4v) is 5.13. The molecule has 0 saturated carbocycles. The Hall–Kier alpha value is -3.16. The Labute approximate surface area is 191 Å². The molecule has 7 heteroatoms. The zero-order valence-corrected chi connectivity index (χ0v) is 18.4. The topological polar surface area (TPSA) is 70.7 Å². The number of nitrogens with zero attached hydrogens (tertiary/aromatic N) is 1. The van der Waals surface area contributed by atoms with Crippen LogP contribution in [0.25, 0.3) is 11.1 Å². The first kappa shape index (κ1) is 20.7. The van der Waals surface area contributed by atoms with Crippen LogP contribution in [0.5, 0.6) is 0 Å². The molecule has 1 saturated heterocycles. The highest BCUT2D eigenvalue weighted by Crippen LogP contribution is 2.44. The first-order valence-corrected chi connectivity index (χ1v) is 11.7. The molecule has 2 heterocycles. The maximum Gasteiger partial charge on any atom is 0.409 e. The summed E-state index contributed by atoms with van der Waals surface area (Å²) >= 11 is 1.61. The molecule has 1 aromatic heterocycles. The average Bonchev–Trinajstić information content (AvgIpc) is 3.47. The fraction of sp³-hybridized carbons (Fsp3) is 0.280. The Morgan fingerprint density at radius 3 is 2.44 bits per heavy atom. The number of amides is 2. The van der Waals surface area contributed by atoms with Gasteiger partial charge >= 0.3 is 6.09 Å². The van der Waals surface area contributed by atoms with E-state index in [2.05, 4.69) is 34.9 Å². The van der Waals surface area contributed by atoms with Crippen molar-refractivity contribution in [3.05, 3.63) is 82.0 Å². The molecule has 0 radical (unpaired) electrons. The van der Waals surface area contributed by atoms with Crippen molar-refractivity contribution in [3.63, 3.8) is 0 Å². The molecule has 0 spiro atoms. The van der Waals surface area contributed by atoms with E-state index < -0.39 is 6.04 Å². The Bertz CT molecular complexity index is 1070. The molecule has 2 amide bonds. The van der Waals surface area contributed by atoms with E-state index in [0.29, 0.717) is 26.2 Å². The second kappa shape index (κ2) is 9.14. The van der Waals surface area contributed by atoms with Gasteiger partial charge in [0.1, 0.15) is 12.6 Å². The smallest absolute Gasteiger partial charge is 0.409 e. The lowest BCUT2D eigenvalue weighted by Gasteiger charge is -2.32. The lowest BCUT2D eigenvalue weighted by Crippen LogP contribution is -2.58. The number of fused-ring (bicyclic) bond motifs is 3. The van der Waals surface area contributed by atoms with Gasteiger partial charge in [0.05, 0.1) is 6.54 Å². The summed E-state index contributed by atoms with van der Waals surface area (Å²) in [6, 6.07) is 20.1. The normalized spacial score (nSPS) is 17.5. The predicted octanol–water partition coefficient (Wildman–Crippen LogP) is 3.59. The maximum absolute atomic E-state index is 12.8. The van der Waals surface area contributed by atoms with Crippen molar-refractivity contribution in [3.8, 4) is 11.1 Å². The summed E-state index contributed by atoms with van der Waals surface area (Å²) in [5.41, 5.74) is 4.78. The molecule has 6 nitrogen and oxygen atoms in total. The van der Waals surface area contributed by atoms with Crippen molar-refractivity contribution in [2.75, 3.05) is 26.2 Å². The maximum atomic E-state index is 12.8. The molecular weight excluding hydrogens is 422 g/mol. The molecule has 3 aromatic rings. The average molecular weight is 448 g/mol. The molecule has 2 aliphatic rings. The summed E-state index contributed by atoms with van der Waals surface area (Å²) in [5, 5.41) is 8.13. The molecule has 1 fully saturated rings. The van der Waals surface area contributed by atoms with Crippen molar-refractivity contribution >= 4 is 23.3 Å². The third-order valence-corrected chi connectivity index (χ3v) is 6.98. The molecule has 5 rings (SSSR count). The minimum atomic E-state index is -0.441. The van der Waals surface area contributed by atoms with E-state index in [1.807, 2.05) is 41.8 Å². The summed E-state index contributed by atoms with van der Waals surface area (Å²) in [5.74, 6) is -0.0753. The van der Waals surface area contributed by atoms with Crippen molar-refractivity contribution < 1.29 is 14.3 Å². The van der Waals surface area contributed by atoms with Gasteiger partial charge < -0.3 is 20.3 Å². The Balaban J connectivity index is 1.20. The summed E-state index contributed by atoms with van der Waals surface area (Å²) in [4.78, 5) is 28.1. The Morgan fingerprint density at radius 2 is 1.75 bits per heavy atom. The van der Waals surface area contributed by atoms with Gasteiger partial charge in [-0.3, -0.25) is 4.79 Å². The van der Waals surface area contributed by atoms with E-state index in [9.17, 15) is 9.59 Å². The Kier molecular flexibility index (Phi) is 5.92. The number of thiophene rings is 1. The number of benzene rings is 2. The van der Waals surface area contributed by atoms with Crippen molar-refractivity contribution in [2.24, 2.45) is 0 Å². The molecular formula is C25H25N3O3S. The highest BCUT2D eigenvalue weighted by Gasteiger charge is 2.32. The molecule has 1 atom stereocenters. The van der Waals surface area contributed by atoms with E-state index in [0.717, 1.165) is 4.88 Å². The first-order chi connectivity index (χ1) is 15.7. The molecule has 32 heavy (non-hydrogen) atoms. The van der Waals surface area contributed by atoms with Gasteiger partial charge in [-0.05, 0) is 33.7 Å². The number of hydrogen-bond donors (Lipinski definition) is 2. The van der Waals surface area contributed by atoms with Crippen LogP contribution in [0.1, 0.15) is 21.9 Å². The van der Waals surface area contributed by atoms with Gasteiger partial charge in [-0.1, -0.05) is 54.6 Å². The third-order valence-electron chi connectivity index (χ3n) is 6.10. The predicted molar refractivity (Wildman–Crippen MR) is 125 cm³/mol. The van der Waals surface area contributed by atoms with Crippen LogP contribution < -0.4 is 10.6 Å². The number of carbonyl (C=O) groups excluding carboxylic acids is 2. The van der Waals surface area contributed by atoms with Crippen LogP contribution >= 0.6 is 11.3 Å². The van der Waals surface area contributed by atoms with Gasteiger partial charge in [-0.25, -0.2) is 4.79 Å². The minimum absolute atomic E-state index is 0.0270. The highest BCUT2D eigenvalue weighted by molar-refractivity contribution is 7.09. The minimum Gasteiger partial charge on any atom is -0.448 e. The highest BCUT2D eigenvalue weighted by atomic mass is 32.1. The van der Waals surface area contributed by atoms with Crippen LogP contribution in [0, 0.1) is 0 Å². The van der Waals surface area contributed by atoms with Crippen LogP contribution in [-0.2, 0) is 16.1 Å². The van der Waals surface area contributed by atoms with Crippen LogP contribution in [0.2, 0.25) is 0 Å². The zero-order chi connectivity index (χ0) is 21.9. The van der Waals surface area contributed by atoms with Crippen molar-refractivity contribution in [1.82, 2.24) is 15.5 Å². The van der Waals surface area contributed by atoms with E-state index >= 15 is 0 Å². The van der Waals surface area contributed by atoms with Crippen LogP contribution in [0.4, 0.5) is 4.79 Å². The molecule has 2 N–H and O–H groups in total. The number of nitrogens with one attached hydrogen (secondary N) is 2. The standard InChI is InChI=1S/C25H25N3O3S/c29-24(27-14-17-6-5-13-32-17)23-15-28(12-11-26-23)25(30)31-16-22-20-9-3-1-7-18(20)19-8-2-4-10-21(19)22/h1-10,13,22-23,26H,11-12,14-16H2,(H,27,29)/t23-/m0/s1. The SMILES string of the molecule is O=C(NCc1cccs1)[C@@H]1CN(C(=O)OCC2c3ccccc3-c3ccccc32)CCN1. The fourth-order valence-electron chi connectivity index (χ4n) is 4.49. The van der Waals surface area contributed by atoms with Gasteiger partial charge in [0.2, 0.25) is 5.91 Å². The summed E-state index contributed by atoms with van der Waals surface area (Å²) in [6.45, 7) is 2.16.